The van der Waals surface area contributed by atoms with Gasteiger partial charge in [-0.25, -0.2) is 0 Å². The molecule has 0 atom stereocenters. The second kappa shape index (κ2) is 3.74. The van der Waals surface area contributed by atoms with Crippen LogP contribution in [-0.2, 0) is 4.74 Å². The van der Waals surface area contributed by atoms with Gasteiger partial charge in [0.15, 0.2) is 0 Å². The molecule has 0 bridgehead atoms. The Morgan fingerprint density at radius 2 is 1.87 bits per heavy atom. The maximum Gasteiger partial charge on any atom is 0.0547 e. The van der Waals surface area contributed by atoms with Gasteiger partial charge >= 0.3 is 0 Å². The molecule has 2 heterocycles. The Balaban J connectivity index is 1.50. The average Bonchev–Trinajstić information content (AvgIpc) is 2.66. The molecule has 0 amide bonds. The number of hydrogen-bond donors (Lipinski definition) is 0. The van der Waals surface area contributed by atoms with E-state index in [1.165, 1.54) is 45.2 Å². The first-order valence-corrected chi connectivity index (χ1v) is 6.59. The summed E-state index contributed by atoms with van der Waals surface area (Å²) in [7, 11) is 0. The van der Waals surface area contributed by atoms with E-state index >= 15 is 0 Å². The van der Waals surface area contributed by atoms with Crippen molar-refractivity contribution in [2.75, 3.05) is 26.3 Å². The summed E-state index contributed by atoms with van der Waals surface area (Å²) >= 11 is 0. The second-order valence-electron chi connectivity index (χ2n) is 6.12. The van der Waals surface area contributed by atoms with E-state index in [4.69, 9.17) is 4.74 Å². The summed E-state index contributed by atoms with van der Waals surface area (Å²) < 4.78 is 5.53. The summed E-state index contributed by atoms with van der Waals surface area (Å²) in [5.41, 5.74) is 0.586. The smallest absolute Gasteiger partial charge is 0.0547 e. The topological polar surface area (TPSA) is 12.5 Å². The lowest BCUT2D eigenvalue weighted by atomic mass is 9.76. The molecule has 2 saturated heterocycles. The molecule has 3 fully saturated rings. The predicted molar refractivity (Wildman–Crippen MR) is 60.9 cm³/mol. The lowest BCUT2D eigenvalue weighted by Gasteiger charge is -2.52. The Labute approximate surface area is 93.0 Å². The summed E-state index contributed by atoms with van der Waals surface area (Å²) in [4.78, 5) is 2.72. The Kier molecular flexibility index (Phi) is 2.52. The van der Waals surface area contributed by atoms with Gasteiger partial charge in [-0.1, -0.05) is 6.92 Å². The van der Waals surface area contributed by atoms with E-state index in [1.54, 1.807) is 0 Å². The predicted octanol–water partition coefficient (Wildman–Crippen LogP) is 2.29. The normalized spacial score (nSPS) is 40.6. The Morgan fingerprint density at radius 1 is 1.13 bits per heavy atom. The lowest BCUT2D eigenvalue weighted by molar-refractivity contribution is -0.0472. The minimum atomic E-state index is 0.586. The summed E-state index contributed by atoms with van der Waals surface area (Å²) in [6.45, 7) is 7.10. The fourth-order valence-corrected chi connectivity index (χ4v) is 3.58. The highest BCUT2D eigenvalue weighted by molar-refractivity contribution is 5.00. The van der Waals surface area contributed by atoms with Gasteiger partial charge in [0.05, 0.1) is 6.61 Å². The SMILES string of the molecule is C[C@H]1CC[C@H](N2CC3(CCOC3)C2)CC1. The van der Waals surface area contributed by atoms with Gasteiger partial charge in [0.2, 0.25) is 0 Å². The highest BCUT2D eigenvalue weighted by Gasteiger charge is 2.47. The number of ether oxygens (including phenoxy) is 1. The third kappa shape index (κ3) is 1.83. The van der Waals surface area contributed by atoms with Crippen molar-refractivity contribution in [1.82, 2.24) is 4.90 Å². The maximum atomic E-state index is 5.53. The van der Waals surface area contributed by atoms with Crippen LogP contribution in [-0.4, -0.2) is 37.2 Å². The minimum Gasteiger partial charge on any atom is -0.381 e. The van der Waals surface area contributed by atoms with Gasteiger partial charge in [0, 0.05) is 31.2 Å². The van der Waals surface area contributed by atoms with Crippen LogP contribution in [0, 0.1) is 11.3 Å². The molecule has 0 aromatic heterocycles. The summed E-state index contributed by atoms with van der Waals surface area (Å²) in [5.74, 6) is 0.978. The van der Waals surface area contributed by atoms with Crippen LogP contribution in [0.3, 0.4) is 0 Å². The number of rotatable bonds is 1. The van der Waals surface area contributed by atoms with Crippen LogP contribution < -0.4 is 0 Å². The van der Waals surface area contributed by atoms with Gasteiger partial charge in [-0.05, 0) is 38.0 Å². The van der Waals surface area contributed by atoms with Gasteiger partial charge in [0.25, 0.3) is 0 Å². The third-order valence-corrected chi connectivity index (χ3v) is 4.76. The molecule has 2 aliphatic heterocycles. The maximum absolute atomic E-state index is 5.53. The molecule has 3 aliphatic rings. The molecule has 0 unspecified atom stereocenters. The summed E-state index contributed by atoms with van der Waals surface area (Å²) in [6.07, 6.45) is 7.10. The van der Waals surface area contributed by atoms with Crippen LogP contribution in [0.2, 0.25) is 0 Å². The fraction of sp³-hybridized carbons (Fsp3) is 1.00. The van der Waals surface area contributed by atoms with Crippen molar-refractivity contribution in [2.45, 2.75) is 45.1 Å². The molecule has 0 N–H and O–H groups in total. The van der Waals surface area contributed by atoms with Crippen molar-refractivity contribution in [3.05, 3.63) is 0 Å². The largest absolute Gasteiger partial charge is 0.381 e. The van der Waals surface area contributed by atoms with Crippen molar-refractivity contribution in [2.24, 2.45) is 11.3 Å². The lowest BCUT2D eigenvalue weighted by Crippen LogP contribution is -2.60. The van der Waals surface area contributed by atoms with Crippen LogP contribution >= 0.6 is 0 Å². The molecule has 2 heteroatoms. The van der Waals surface area contributed by atoms with Gasteiger partial charge in [-0.2, -0.15) is 0 Å². The minimum absolute atomic E-state index is 0.586. The standard InChI is InChI=1S/C13H23NO/c1-11-2-4-12(5-3-11)14-8-13(9-14)6-7-15-10-13/h11-12H,2-10H2,1H3/t11-,12-. The molecule has 3 rings (SSSR count). The monoisotopic (exact) mass is 209 g/mol. The van der Waals surface area contributed by atoms with E-state index in [0.717, 1.165) is 25.2 Å². The highest BCUT2D eigenvalue weighted by Crippen LogP contribution is 2.41. The van der Waals surface area contributed by atoms with Crippen molar-refractivity contribution in [3.63, 3.8) is 0 Å². The van der Waals surface area contributed by atoms with Gasteiger partial charge in [-0.3, -0.25) is 4.90 Å². The molecular formula is C13H23NO. The van der Waals surface area contributed by atoms with Crippen molar-refractivity contribution in [1.29, 1.82) is 0 Å². The molecule has 1 spiro atoms. The van der Waals surface area contributed by atoms with Crippen LogP contribution in [0.5, 0.6) is 0 Å². The molecule has 0 radical (unpaired) electrons. The summed E-state index contributed by atoms with van der Waals surface area (Å²) in [5, 5.41) is 0. The zero-order valence-corrected chi connectivity index (χ0v) is 9.87. The van der Waals surface area contributed by atoms with Crippen LogP contribution in [0.4, 0.5) is 0 Å². The molecular weight excluding hydrogens is 186 g/mol. The van der Waals surface area contributed by atoms with Crippen molar-refractivity contribution < 1.29 is 4.74 Å². The Morgan fingerprint density at radius 3 is 2.47 bits per heavy atom. The molecule has 0 aromatic rings. The van der Waals surface area contributed by atoms with Gasteiger partial charge < -0.3 is 4.74 Å². The molecule has 0 aromatic carbocycles. The van der Waals surface area contributed by atoms with E-state index < -0.39 is 0 Å². The second-order valence-corrected chi connectivity index (χ2v) is 6.12. The molecule has 1 saturated carbocycles. The third-order valence-electron chi connectivity index (χ3n) is 4.76. The van der Waals surface area contributed by atoms with Crippen LogP contribution in [0.1, 0.15) is 39.0 Å². The van der Waals surface area contributed by atoms with Gasteiger partial charge in [0.1, 0.15) is 0 Å². The fourth-order valence-electron chi connectivity index (χ4n) is 3.58. The number of hydrogen-bond acceptors (Lipinski definition) is 2. The van der Waals surface area contributed by atoms with E-state index in [9.17, 15) is 0 Å². The molecule has 2 nitrogen and oxygen atoms in total. The number of nitrogens with zero attached hydrogens (tertiary/aromatic N) is 1. The van der Waals surface area contributed by atoms with E-state index in [0.29, 0.717) is 5.41 Å². The quantitative estimate of drug-likeness (QED) is 0.657. The molecule has 15 heavy (non-hydrogen) atoms. The average molecular weight is 209 g/mol. The Bertz CT molecular complexity index is 219. The van der Waals surface area contributed by atoms with E-state index in [2.05, 4.69) is 11.8 Å². The number of likely N-dealkylation sites (tertiary alicyclic amines) is 1. The molecule has 1 aliphatic carbocycles. The summed E-state index contributed by atoms with van der Waals surface area (Å²) in [6, 6.07) is 0.910. The van der Waals surface area contributed by atoms with E-state index in [-0.39, 0.29) is 0 Å². The van der Waals surface area contributed by atoms with Gasteiger partial charge in [-0.15, -0.1) is 0 Å². The first kappa shape index (κ1) is 10.1. The highest BCUT2D eigenvalue weighted by atomic mass is 16.5. The van der Waals surface area contributed by atoms with Crippen LogP contribution in [0.25, 0.3) is 0 Å². The Hall–Kier alpha value is -0.0800. The zero-order valence-electron chi connectivity index (χ0n) is 9.87. The van der Waals surface area contributed by atoms with Crippen molar-refractivity contribution >= 4 is 0 Å². The molecule has 86 valence electrons. The zero-order chi connectivity index (χ0) is 10.3. The first-order valence-electron chi connectivity index (χ1n) is 6.59. The van der Waals surface area contributed by atoms with E-state index in [1.807, 2.05) is 0 Å². The van der Waals surface area contributed by atoms with Crippen molar-refractivity contribution in [3.8, 4) is 0 Å². The first-order chi connectivity index (χ1) is 7.27. The van der Waals surface area contributed by atoms with Crippen LogP contribution in [0.15, 0.2) is 0 Å².